The Kier molecular flexibility index (Phi) is 5.24. The van der Waals surface area contributed by atoms with Crippen molar-refractivity contribution in [1.82, 2.24) is 25.5 Å². The van der Waals surface area contributed by atoms with E-state index in [-0.39, 0.29) is 34.3 Å². The summed E-state index contributed by atoms with van der Waals surface area (Å²) in [4.78, 5) is 19.5. The van der Waals surface area contributed by atoms with Gasteiger partial charge in [0.1, 0.15) is 5.82 Å². The van der Waals surface area contributed by atoms with E-state index in [9.17, 15) is 9.18 Å². The number of halogens is 3. The molecule has 0 spiro atoms. The molecule has 2 N–H and O–H groups in total. The van der Waals surface area contributed by atoms with Crippen molar-refractivity contribution in [2.45, 2.75) is 13.0 Å². The van der Waals surface area contributed by atoms with Gasteiger partial charge in [-0.1, -0.05) is 35.3 Å². The Bertz CT molecular complexity index is 1480. The van der Waals surface area contributed by atoms with Crippen molar-refractivity contribution in [3.63, 3.8) is 0 Å². The molecule has 160 valence electrons. The second kappa shape index (κ2) is 8.22. The summed E-state index contributed by atoms with van der Waals surface area (Å²) in [5.74, 6) is -1.02. The molecule has 0 aliphatic rings. The van der Waals surface area contributed by atoms with Crippen molar-refractivity contribution in [2.24, 2.45) is 0 Å². The third-order valence-corrected chi connectivity index (χ3v) is 5.49. The lowest BCUT2D eigenvalue weighted by Gasteiger charge is -2.05. The van der Waals surface area contributed by atoms with Crippen LogP contribution in [0.5, 0.6) is 0 Å². The van der Waals surface area contributed by atoms with Crippen molar-refractivity contribution < 1.29 is 13.6 Å². The predicted octanol–water partition coefficient (Wildman–Crippen LogP) is 5.07. The molecular formula is C22H14Cl2FN5O2. The largest absolute Gasteiger partial charge is 0.417 e. The van der Waals surface area contributed by atoms with Gasteiger partial charge in [0.2, 0.25) is 5.89 Å². The Balaban J connectivity index is 1.28. The third kappa shape index (κ3) is 3.90. The Morgan fingerprint density at radius 2 is 2.03 bits per heavy atom. The lowest BCUT2D eigenvalue weighted by atomic mass is 10.1. The molecule has 2 aromatic carbocycles. The molecule has 0 radical (unpaired) electrons. The van der Waals surface area contributed by atoms with Gasteiger partial charge in [-0.2, -0.15) is 0 Å². The molecule has 0 unspecified atom stereocenters. The van der Waals surface area contributed by atoms with Crippen LogP contribution in [0.4, 0.5) is 4.39 Å². The van der Waals surface area contributed by atoms with Gasteiger partial charge in [-0.25, -0.2) is 4.39 Å². The molecule has 0 aliphatic heterocycles. The zero-order valence-corrected chi connectivity index (χ0v) is 17.8. The molecule has 0 fully saturated rings. The second-order valence-electron chi connectivity index (χ2n) is 7.14. The number of rotatable bonds is 5. The highest BCUT2D eigenvalue weighted by Crippen LogP contribution is 2.28. The topological polar surface area (TPSA) is 96.7 Å². The Labute approximate surface area is 190 Å². The number of hydrogen-bond acceptors (Lipinski definition) is 5. The van der Waals surface area contributed by atoms with Crippen LogP contribution in [0.3, 0.4) is 0 Å². The maximum atomic E-state index is 14.7. The van der Waals surface area contributed by atoms with E-state index in [4.69, 9.17) is 27.6 Å². The normalized spacial score (nSPS) is 11.3. The molecule has 3 aromatic heterocycles. The van der Waals surface area contributed by atoms with Gasteiger partial charge in [-0.15, -0.1) is 10.2 Å². The number of nitrogens with zero attached hydrogens (tertiary/aromatic N) is 3. The highest BCUT2D eigenvalue weighted by molar-refractivity contribution is 6.35. The van der Waals surface area contributed by atoms with Crippen molar-refractivity contribution in [3.05, 3.63) is 87.6 Å². The fourth-order valence-electron chi connectivity index (χ4n) is 3.43. The monoisotopic (exact) mass is 469 g/mol. The summed E-state index contributed by atoms with van der Waals surface area (Å²) in [7, 11) is 0. The average Bonchev–Trinajstić information content (AvgIpc) is 3.40. The molecule has 5 rings (SSSR count). The van der Waals surface area contributed by atoms with Gasteiger partial charge in [0.15, 0.2) is 0 Å². The third-order valence-electron chi connectivity index (χ3n) is 4.98. The van der Waals surface area contributed by atoms with Gasteiger partial charge in [0, 0.05) is 35.4 Å². The first-order valence-corrected chi connectivity index (χ1v) is 10.3. The van der Waals surface area contributed by atoms with Crippen LogP contribution in [0.2, 0.25) is 10.0 Å². The molecule has 0 saturated heterocycles. The SMILES string of the molecule is O=C(NCc1ccc2[nH]cc(Cl)c2c1F)c1nnc(Cc2ccc3ncc(Cl)cc3c2)o1. The summed E-state index contributed by atoms with van der Waals surface area (Å²) in [6.07, 6.45) is 3.43. The highest BCUT2D eigenvalue weighted by atomic mass is 35.5. The number of carbonyl (C=O) groups excluding carboxylic acids is 1. The van der Waals surface area contributed by atoms with Gasteiger partial charge >= 0.3 is 11.8 Å². The van der Waals surface area contributed by atoms with E-state index in [0.717, 1.165) is 16.5 Å². The number of aromatic nitrogens is 4. The molecule has 7 nitrogen and oxygen atoms in total. The quantitative estimate of drug-likeness (QED) is 0.374. The van der Waals surface area contributed by atoms with Crippen LogP contribution in [0.25, 0.3) is 21.8 Å². The molecule has 10 heteroatoms. The Hall–Kier alpha value is -3.49. The number of nitrogens with one attached hydrogen (secondary N) is 2. The summed E-state index contributed by atoms with van der Waals surface area (Å²) in [5.41, 5.74) is 2.58. The summed E-state index contributed by atoms with van der Waals surface area (Å²) in [5, 5.41) is 12.3. The van der Waals surface area contributed by atoms with Gasteiger partial charge in [-0.05, 0) is 29.8 Å². The van der Waals surface area contributed by atoms with Gasteiger partial charge < -0.3 is 14.7 Å². The van der Waals surface area contributed by atoms with E-state index in [1.54, 1.807) is 18.3 Å². The number of aromatic amines is 1. The molecule has 0 bridgehead atoms. The summed E-state index contributed by atoms with van der Waals surface area (Å²) >= 11 is 12.0. The molecule has 32 heavy (non-hydrogen) atoms. The Morgan fingerprint density at radius 3 is 2.91 bits per heavy atom. The van der Waals surface area contributed by atoms with Crippen LogP contribution >= 0.6 is 23.2 Å². The Morgan fingerprint density at radius 1 is 1.16 bits per heavy atom. The lowest BCUT2D eigenvalue weighted by Crippen LogP contribution is -2.23. The van der Waals surface area contributed by atoms with E-state index in [2.05, 4.69) is 25.5 Å². The van der Waals surface area contributed by atoms with Gasteiger partial charge in [0.25, 0.3) is 0 Å². The summed E-state index contributed by atoms with van der Waals surface area (Å²) in [6.45, 7) is -0.0573. The predicted molar refractivity (Wildman–Crippen MR) is 118 cm³/mol. The molecule has 0 aliphatic carbocycles. The molecule has 3 heterocycles. The maximum Gasteiger partial charge on any atom is 0.309 e. The van der Waals surface area contributed by atoms with E-state index < -0.39 is 11.7 Å². The van der Waals surface area contributed by atoms with E-state index in [1.165, 1.54) is 6.20 Å². The zero-order chi connectivity index (χ0) is 22.2. The highest BCUT2D eigenvalue weighted by Gasteiger charge is 2.17. The van der Waals surface area contributed by atoms with Crippen LogP contribution in [0.1, 0.15) is 27.7 Å². The first kappa shape index (κ1) is 20.4. The minimum Gasteiger partial charge on any atom is -0.417 e. The molecule has 0 saturated carbocycles. The smallest absolute Gasteiger partial charge is 0.309 e. The standard InChI is InChI=1S/C22H14Cl2FN5O2/c23-14-7-13-5-11(1-3-16(13)26-9-14)6-18-29-30-22(32-18)21(31)28-8-12-2-4-17-19(20(12)25)15(24)10-27-17/h1-5,7,9-10,27H,6,8H2,(H,28,31). The van der Waals surface area contributed by atoms with Crippen LogP contribution in [-0.2, 0) is 13.0 Å². The minimum atomic E-state index is -0.599. The van der Waals surface area contributed by atoms with Crippen molar-refractivity contribution in [3.8, 4) is 0 Å². The fraction of sp³-hybridized carbons (Fsp3) is 0.0909. The number of carbonyl (C=O) groups is 1. The van der Waals surface area contributed by atoms with Crippen LogP contribution < -0.4 is 5.32 Å². The lowest BCUT2D eigenvalue weighted by molar-refractivity contribution is 0.0914. The van der Waals surface area contributed by atoms with Crippen LogP contribution in [-0.4, -0.2) is 26.1 Å². The van der Waals surface area contributed by atoms with Crippen molar-refractivity contribution in [2.75, 3.05) is 0 Å². The number of benzene rings is 2. The number of pyridine rings is 1. The second-order valence-corrected chi connectivity index (χ2v) is 7.98. The van der Waals surface area contributed by atoms with Gasteiger partial charge in [-0.3, -0.25) is 9.78 Å². The van der Waals surface area contributed by atoms with Crippen LogP contribution in [0, 0.1) is 5.82 Å². The van der Waals surface area contributed by atoms with Crippen molar-refractivity contribution >= 4 is 50.9 Å². The van der Waals surface area contributed by atoms with Gasteiger partial charge in [0.05, 0.1) is 27.4 Å². The molecule has 5 aromatic rings. The first-order chi connectivity index (χ1) is 15.5. The first-order valence-electron chi connectivity index (χ1n) is 9.56. The number of fused-ring (bicyclic) bond motifs is 2. The minimum absolute atomic E-state index is 0.0573. The molecule has 1 amide bonds. The van der Waals surface area contributed by atoms with Crippen molar-refractivity contribution in [1.29, 1.82) is 0 Å². The maximum absolute atomic E-state index is 14.7. The molecular weight excluding hydrogens is 456 g/mol. The zero-order valence-electron chi connectivity index (χ0n) is 16.3. The van der Waals surface area contributed by atoms with E-state index in [1.807, 2.05) is 24.3 Å². The van der Waals surface area contributed by atoms with E-state index in [0.29, 0.717) is 17.0 Å². The summed E-state index contributed by atoms with van der Waals surface area (Å²) < 4.78 is 20.2. The van der Waals surface area contributed by atoms with E-state index >= 15 is 0 Å². The fourth-order valence-corrected chi connectivity index (χ4v) is 3.84. The summed E-state index contributed by atoms with van der Waals surface area (Å²) in [6, 6.07) is 10.8. The number of H-pyrrole nitrogens is 1. The van der Waals surface area contributed by atoms with Crippen LogP contribution in [0.15, 0.2) is 53.2 Å². The average molecular weight is 470 g/mol. The number of hydrogen-bond donors (Lipinski definition) is 2. The molecule has 0 atom stereocenters. The number of amides is 1.